The van der Waals surface area contributed by atoms with Crippen molar-refractivity contribution in [2.24, 2.45) is 5.92 Å². The highest BCUT2D eigenvalue weighted by Gasteiger charge is 2.18. The first-order valence-electron chi connectivity index (χ1n) is 10.8. The Morgan fingerprint density at radius 3 is 1.84 bits per heavy atom. The highest BCUT2D eigenvalue weighted by atomic mass is 14.9. The number of hydrogen-bond acceptors (Lipinski definition) is 2. The number of nitrogens with one attached hydrogen (secondary N) is 2. The third-order valence-corrected chi connectivity index (χ3v) is 6.01. The Morgan fingerprint density at radius 2 is 1.32 bits per heavy atom. The maximum atomic E-state index is 3.92. The fourth-order valence-corrected chi connectivity index (χ4v) is 4.60. The van der Waals surface area contributed by atoms with Gasteiger partial charge in [0.25, 0.3) is 0 Å². The van der Waals surface area contributed by atoms with Gasteiger partial charge < -0.3 is 10.6 Å². The molecule has 1 aromatic carbocycles. The molecule has 0 aromatic heterocycles. The lowest BCUT2D eigenvalue weighted by molar-refractivity contribution is 0.461. The van der Waals surface area contributed by atoms with Crippen LogP contribution in [0.2, 0.25) is 0 Å². The lowest BCUT2D eigenvalue weighted by Crippen LogP contribution is -2.25. The van der Waals surface area contributed by atoms with Gasteiger partial charge >= 0.3 is 0 Å². The molecule has 0 amide bonds. The van der Waals surface area contributed by atoms with E-state index >= 15 is 0 Å². The molecule has 140 valence electrons. The quantitative estimate of drug-likeness (QED) is 0.602. The van der Waals surface area contributed by atoms with E-state index < -0.39 is 0 Å². The van der Waals surface area contributed by atoms with Gasteiger partial charge in [-0.3, -0.25) is 0 Å². The molecule has 0 bridgehead atoms. The molecule has 2 nitrogen and oxygen atoms in total. The van der Waals surface area contributed by atoms with E-state index in [4.69, 9.17) is 0 Å². The third-order valence-electron chi connectivity index (χ3n) is 6.01. The summed E-state index contributed by atoms with van der Waals surface area (Å²) >= 11 is 0. The van der Waals surface area contributed by atoms with Crippen molar-refractivity contribution in [1.29, 1.82) is 0 Å². The van der Waals surface area contributed by atoms with Crippen molar-refractivity contribution in [3.8, 4) is 0 Å². The summed E-state index contributed by atoms with van der Waals surface area (Å²) in [5.41, 5.74) is 5.67. The second kappa shape index (κ2) is 8.96. The summed E-state index contributed by atoms with van der Waals surface area (Å²) in [6, 6.07) is 6.21. The van der Waals surface area contributed by atoms with E-state index in [9.17, 15) is 0 Å². The molecule has 3 rings (SSSR count). The van der Waals surface area contributed by atoms with Crippen LogP contribution in [0.4, 0.5) is 11.4 Å². The first kappa shape index (κ1) is 18.6. The third kappa shape index (κ3) is 5.39. The predicted octanol–water partition coefficient (Wildman–Crippen LogP) is 6.68. The van der Waals surface area contributed by atoms with Crippen molar-refractivity contribution in [1.82, 2.24) is 0 Å². The van der Waals surface area contributed by atoms with Crippen LogP contribution in [0, 0.1) is 12.8 Å². The first-order valence-corrected chi connectivity index (χ1v) is 10.8. The van der Waals surface area contributed by atoms with Crippen molar-refractivity contribution < 1.29 is 0 Å². The minimum atomic E-state index is 0.671. The van der Waals surface area contributed by atoms with Gasteiger partial charge in [0.1, 0.15) is 0 Å². The van der Waals surface area contributed by atoms with Crippen molar-refractivity contribution in [3.63, 3.8) is 0 Å². The maximum Gasteiger partial charge on any atom is 0.0395 e. The highest BCUT2D eigenvalue weighted by molar-refractivity contribution is 5.66. The Kier molecular flexibility index (Phi) is 6.67. The van der Waals surface area contributed by atoms with Crippen LogP contribution in [0.5, 0.6) is 0 Å². The predicted molar refractivity (Wildman–Crippen MR) is 111 cm³/mol. The van der Waals surface area contributed by atoms with Crippen LogP contribution in [-0.2, 0) is 6.42 Å². The Morgan fingerprint density at radius 1 is 0.800 bits per heavy atom. The van der Waals surface area contributed by atoms with Gasteiger partial charge in [0.15, 0.2) is 0 Å². The van der Waals surface area contributed by atoms with Crippen LogP contribution >= 0.6 is 0 Å². The number of hydrogen-bond donors (Lipinski definition) is 2. The molecule has 0 aliphatic heterocycles. The highest BCUT2D eigenvalue weighted by Crippen LogP contribution is 2.32. The summed E-state index contributed by atoms with van der Waals surface area (Å²) in [5.74, 6) is 0.698. The second-order valence-corrected chi connectivity index (χ2v) is 8.88. The summed E-state index contributed by atoms with van der Waals surface area (Å²) in [4.78, 5) is 0. The van der Waals surface area contributed by atoms with Gasteiger partial charge in [-0.2, -0.15) is 0 Å². The summed E-state index contributed by atoms with van der Waals surface area (Å²) in [6.45, 7) is 6.93. The van der Waals surface area contributed by atoms with Crippen LogP contribution < -0.4 is 10.6 Å². The zero-order valence-electron chi connectivity index (χ0n) is 16.7. The largest absolute Gasteiger partial charge is 0.382 e. The van der Waals surface area contributed by atoms with E-state index in [2.05, 4.69) is 43.5 Å². The SMILES string of the molecule is Cc1cc(CC(C)C)c(NC2CCCCC2)cc1NC1CCCCC1. The van der Waals surface area contributed by atoms with Crippen molar-refractivity contribution in [2.75, 3.05) is 10.6 Å². The fourth-order valence-electron chi connectivity index (χ4n) is 4.60. The fraction of sp³-hybridized carbons (Fsp3) is 0.739. The van der Waals surface area contributed by atoms with Gasteiger partial charge in [-0.05, 0) is 62.1 Å². The molecule has 2 fully saturated rings. The Hall–Kier alpha value is -1.18. The lowest BCUT2D eigenvalue weighted by Gasteiger charge is -2.28. The Labute approximate surface area is 155 Å². The molecule has 2 aliphatic rings. The lowest BCUT2D eigenvalue weighted by atomic mass is 9.92. The molecule has 2 saturated carbocycles. The van der Waals surface area contributed by atoms with Gasteiger partial charge in [-0.1, -0.05) is 58.4 Å². The van der Waals surface area contributed by atoms with E-state index in [1.807, 2.05) is 0 Å². The van der Waals surface area contributed by atoms with Crippen LogP contribution in [-0.4, -0.2) is 12.1 Å². The summed E-state index contributed by atoms with van der Waals surface area (Å²) < 4.78 is 0. The van der Waals surface area contributed by atoms with Crippen molar-refractivity contribution in [3.05, 3.63) is 23.3 Å². The smallest absolute Gasteiger partial charge is 0.0395 e. The number of benzene rings is 1. The number of anilines is 2. The molecule has 2 heteroatoms. The van der Waals surface area contributed by atoms with Crippen LogP contribution in [0.15, 0.2) is 12.1 Å². The van der Waals surface area contributed by atoms with E-state index in [1.165, 1.54) is 93.1 Å². The number of aryl methyl sites for hydroxylation is 1. The minimum absolute atomic E-state index is 0.671. The van der Waals surface area contributed by atoms with Gasteiger partial charge in [0.2, 0.25) is 0 Å². The Bertz CT molecular complexity index is 537. The van der Waals surface area contributed by atoms with Crippen LogP contribution in [0.3, 0.4) is 0 Å². The average Bonchev–Trinajstić information content (AvgIpc) is 2.60. The van der Waals surface area contributed by atoms with Gasteiger partial charge in [0.05, 0.1) is 0 Å². The van der Waals surface area contributed by atoms with E-state index in [-0.39, 0.29) is 0 Å². The topological polar surface area (TPSA) is 24.1 Å². The van der Waals surface area contributed by atoms with Crippen molar-refractivity contribution in [2.45, 2.75) is 103 Å². The van der Waals surface area contributed by atoms with Gasteiger partial charge in [-0.25, -0.2) is 0 Å². The molecule has 2 aliphatic carbocycles. The summed E-state index contributed by atoms with van der Waals surface area (Å²) in [6.07, 6.45) is 14.9. The molecule has 0 radical (unpaired) electrons. The molecule has 0 heterocycles. The molecule has 0 saturated heterocycles. The van der Waals surface area contributed by atoms with E-state index in [0.29, 0.717) is 18.0 Å². The van der Waals surface area contributed by atoms with Gasteiger partial charge in [0, 0.05) is 23.5 Å². The maximum absolute atomic E-state index is 3.92. The van der Waals surface area contributed by atoms with Crippen LogP contribution in [0.25, 0.3) is 0 Å². The normalized spacial score (nSPS) is 20.0. The second-order valence-electron chi connectivity index (χ2n) is 8.88. The number of rotatable bonds is 6. The zero-order chi connectivity index (χ0) is 17.6. The van der Waals surface area contributed by atoms with Gasteiger partial charge in [-0.15, -0.1) is 0 Å². The van der Waals surface area contributed by atoms with E-state index in [0.717, 1.165) is 0 Å². The van der Waals surface area contributed by atoms with Crippen LogP contribution in [0.1, 0.15) is 89.2 Å². The molecule has 0 spiro atoms. The molecule has 1 aromatic rings. The molecule has 0 atom stereocenters. The monoisotopic (exact) mass is 342 g/mol. The molecule has 0 unspecified atom stereocenters. The minimum Gasteiger partial charge on any atom is -0.382 e. The average molecular weight is 343 g/mol. The first-order chi connectivity index (χ1) is 12.1. The van der Waals surface area contributed by atoms with Crippen molar-refractivity contribution >= 4 is 11.4 Å². The summed E-state index contributed by atoms with van der Waals surface area (Å²) in [7, 11) is 0. The molecule has 2 N–H and O–H groups in total. The molecule has 25 heavy (non-hydrogen) atoms. The molecular formula is C23H38N2. The standard InChI is InChI=1S/C23H38N2/c1-17(2)14-19-15-18(3)22(24-20-10-6-4-7-11-20)16-23(19)25-21-12-8-5-9-13-21/h15-17,20-21,24-25H,4-14H2,1-3H3. The van der Waals surface area contributed by atoms with E-state index in [1.54, 1.807) is 0 Å². The summed E-state index contributed by atoms with van der Waals surface area (Å²) in [5, 5.41) is 7.79. The Balaban J connectivity index is 1.78. The molecular weight excluding hydrogens is 304 g/mol. The zero-order valence-corrected chi connectivity index (χ0v) is 16.7.